The van der Waals surface area contributed by atoms with Crippen molar-refractivity contribution < 1.29 is 0 Å². The second kappa shape index (κ2) is 5.71. The summed E-state index contributed by atoms with van der Waals surface area (Å²) in [5.74, 6) is 0. The molecule has 2 aliphatic carbocycles. The second-order valence-corrected chi connectivity index (χ2v) is 7.89. The first-order chi connectivity index (χ1) is 12.7. The molecule has 0 heteroatoms. The maximum Gasteiger partial charge on any atom is 0.0253 e. The maximum absolute atomic E-state index is 2.48. The van der Waals surface area contributed by atoms with Gasteiger partial charge in [-0.2, -0.15) is 0 Å². The van der Waals surface area contributed by atoms with Crippen LogP contribution in [0.3, 0.4) is 0 Å². The Kier molecular flexibility index (Phi) is 3.43. The molecule has 5 rings (SSSR count). The van der Waals surface area contributed by atoms with Crippen LogP contribution < -0.4 is 0 Å². The average Bonchev–Trinajstić information content (AvgIpc) is 2.88. The van der Waals surface area contributed by atoms with Gasteiger partial charge < -0.3 is 0 Å². The number of hydrogen-bond acceptors (Lipinski definition) is 0. The summed E-state index contributed by atoms with van der Waals surface area (Å²) in [4.78, 5) is 0. The smallest absolute Gasteiger partial charge is 0.0253 e. The van der Waals surface area contributed by atoms with E-state index < -0.39 is 0 Å². The van der Waals surface area contributed by atoms with E-state index >= 15 is 0 Å². The molecule has 0 saturated carbocycles. The van der Waals surface area contributed by atoms with E-state index in [0.717, 1.165) is 12.8 Å². The van der Waals surface area contributed by atoms with Crippen LogP contribution in [0.1, 0.15) is 41.5 Å². The van der Waals surface area contributed by atoms with E-state index in [1.807, 2.05) is 0 Å². The van der Waals surface area contributed by atoms with Gasteiger partial charge in [-0.15, -0.1) is 0 Å². The number of allylic oxidation sites excluding steroid dienone is 4. The van der Waals surface area contributed by atoms with Crippen molar-refractivity contribution in [3.63, 3.8) is 0 Å². The van der Waals surface area contributed by atoms with Crippen LogP contribution in [0.25, 0.3) is 21.9 Å². The van der Waals surface area contributed by atoms with Crippen molar-refractivity contribution >= 4 is 10.8 Å². The topological polar surface area (TPSA) is 0 Å². The second-order valence-electron chi connectivity index (χ2n) is 7.89. The molecular weight excluding hydrogens is 312 g/mol. The number of aryl methyl sites for hydroxylation is 2. The third kappa shape index (κ3) is 2.08. The highest BCUT2D eigenvalue weighted by Crippen LogP contribution is 2.56. The molecule has 0 N–H and O–H groups in total. The van der Waals surface area contributed by atoms with Crippen LogP contribution in [0.4, 0.5) is 0 Å². The highest BCUT2D eigenvalue weighted by molar-refractivity contribution is 6.04. The predicted octanol–water partition coefficient (Wildman–Crippen LogP) is 7.02. The van der Waals surface area contributed by atoms with Crippen LogP contribution in [0.5, 0.6) is 0 Å². The molecule has 1 spiro atoms. The molecule has 1 unspecified atom stereocenters. The summed E-state index contributed by atoms with van der Waals surface area (Å²) in [7, 11) is 0. The lowest BCUT2D eigenvalue weighted by molar-refractivity contribution is 0.492. The zero-order chi connectivity index (χ0) is 17.7. The summed E-state index contributed by atoms with van der Waals surface area (Å²) in [6.45, 7) is 4.49. The standard InChI is InChI=1S/C26H24/c1-18-12-13-22-23(16-18)26(14-8-4-3-5-9-15-26)24-17-19(2)20-10-6-7-11-21(20)25(22)24/h3-8,10-13,16-17H,9,14-15H2,1-2H3. The molecule has 2 aliphatic rings. The van der Waals surface area contributed by atoms with Gasteiger partial charge in [-0.25, -0.2) is 0 Å². The largest absolute Gasteiger partial charge is 0.0845 e. The Morgan fingerprint density at radius 2 is 1.62 bits per heavy atom. The molecule has 3 aromatic carbocycles. The summed E-state index contributed by atoms with van der Waals surface area (Å²) in [6, 6.07) is 18.5. The van der Waals surface area contributed by atoms with Gasteiger partial charge in [-0.05, 0) is 71.7 Å². The molecule has 0 radical (unpaired) electrons. The summed E-state index contributed by atoms with van der Waals surface area (Å²) in [5.41, 5.74) is 8.84. The van der Waals surface area contributed by atoms with E-state index in [1.54, 1.807) is 0 Å². The molecule has 3 aromatic rings. The molecule has 0 heterocycles. The van der Waals surface area contributed by atoms with Crippen LogP contribution in [0.15, 0.2) is 72.8 Å². The highest BCUT2D eigenvalue weighted by atomic mass is 14.4. The minimum absolute atomic E-state index is 0.104. The van der Waals surface area contributed by atoms with Crippen molar-refractivity contribution in [3.8, 4) is 11.1 Å². The number of fused-ring (bicyclic) bond motifs is 7. The molecule has 0 fully saturated rings. The lowest BCUT2D eigenvalue weighted by atomic mass is 9.71. The highest BCUT2D eigenvalue weighted by Gasteiger charge is 2.42. The third-order valence-electron chi connectivity index (χ3n) is 6.31. The van der Waals surface area contributed by atoms with Crippen LogP contribution in [-0.2, 0) is 5.41 Å². The molecule has 0 aliphatic heterocycles. The SMILES string of the molecule is Cc1ccc2c(c1)C1(CC=CC=CCC1)c1cc(C)c3ccccc3c1-2. The first-order valence-corrected chi connectivity index (χ1v) is 9.67. The van der Waals surface area contributed by atoms with Crippen LogP contribution >= 0.6 is 0 Å². The van der Waals surface area contributed by atoms with E-state index in [9.17, 15) is 0 Å². The van der Waals surface area contributed by atoms with Gasteiger partial charge in [-0.3, -0.25) is 0 Å². The normalized spacial score (nSPS) is 20.8. The van der Waals surface area contributed by atoms with Crippen molar-refractivity contribution in [3.05, 3.63) is 95.1 Å². The fourth-order valence-electron chi connectivity index (χ4n) is 5.08. The molecular formula is C26H24. The summed E-state index contributed by atoms with van der Waals surface area (Å²) in [6.07, 6.45) is 12.5. The summed E-state index contributed by atoms with van der Waals surface area (Å²) >= 11 is 0. The van der Waals surface area contributed by atoms with E-state index in [2.05, 4.69) is 86.7 Å². The Hall–Kier alpha value is -2.60. The van der Waals surface area contributed by atoms with Gasteiger partial charge in [0.05, 0.1) is 0 Å². The van der Waals surface area contributed by atoms with Gasteiger partial charge >= 0.3 is 0 Å². The van der Waals surface area contributed by atoms with E-state index in [4.69, 9.17) is 0 Å². The maximum atomic E-state index is 2.48. The number of benzene rings is 3. The van der Waals surface area contributed by atoms with E-state index in [-0.39, 0.29) is 5.41 Å². The monoisotopic (exact) mass is 336 g/mol. The summed E-state index contributed by atoms with van der Waals surface area (Å²) < 4.78 is 0. The lowest BCUT2D eigenvalue weighted by Crippen LogP contribution is -2.25. The zero-order valence-electron chi connectivity index (χ0n) is 15.5. The van der Waals surface area contributed by atoms with Gasteiger partial charge in [0.1, 0.15) is 0 Å². The molecule has 128 valence electrons. The summed E-state index contributed by atoms with van der Waals surface area (Å²) in [5, 5.41) is 2.79. The van der Waals surface area contributed by atoms with Crippen molar-refractivity contribution in [1.29, 1.82) is 0 Å². The number of hydrogen-bond donors (Lipinski definition) is 0. The van der Waals surface area contributed by atoms with Gasteiger partial charge in [0.2, 0.25) is 0 Å². The molecule has 0 amide bonds. The Morgan fingerprint density at radius 3 is 2.50 bits per heavy atom. The molecule has 26 heavy (non-hydrogen) atoms. The quantitative estimate of drug-likeness (QED) is 0.414. The van der Waals surface area contributed by atoms with E-state index in [0.29, 0.717) is 0 Å². The molecule has 0 aromatic heterocycles. The van der Waals surface area contributed by atoms with Crippen molar-refractivity contribution in [2.45, 2.75) is 38.5 Å². The Balaban J connectivity index is 1.91. The lowest BCUT2D eigenvalue weighted by Gasteiger charge is -2.32. The predicted molar refractivity (Wildman–Crippen MR) is 112 cm³/mol. The minimum atomic E-state index is 0.104. The Morgan fingerprint density at radius 1 is 0.808 bits per heavy atom. The van der Waals surface area contributed by atoms with Crippen molar-refractivity contribution in [2.24, 2.45) is 0 Å². The van der Waals surface area contributed by atoms with Crippen molar-refractivity contribution in [2.75, 3.05) is 0 Å². The third-order valence-corrected chi connectivity index (χ3v) is 6.31. The first-order valence-electron chi connectivity index (χ1n) is 9.67. The Bertz CT molecular complexity index is 1080. The molecule has 0 saturated heterocycles. The van der Waals surface area contributed by atoms with Gasteiger partial charge in [0.25, 0.3) is 0 Å². The first kappa shape index (κ1) is 15.6. The minimum Gasteiger partial charge on any atom is -0.0845 e. The van der Waals surface area contributed by atoms with Crippen LogP contribution in [0, 0.1) is 13.8 Å². The number of rotatable bonds is 0. The van der Waals surface area contributed by atoms with Gasteiger partial charge in [0, 0.05) is 5.41 Å². The zero-order valence-corrected chi connectivity index (χ0v) is 15.5. The molecule has 0 bridgehead atoms. The fraction of sp³-hybridized carbons (Fsp3) is 0.231. The molecule has 0 nitrogen and oxygen atoms in total. The Labute approximate surface area is 155 Å². The molecule has 1 atom stereocenters. The van der Waals surface area contributed by atoms with Crippen molar-refractivity contribution in [1.82, 2.24) is 0 Å². The van der Waals surface area contributed by atoms with Gasteiger partial charge in [-0.1, -0.05) is 78.4 Å². The van der Waals surface area contributed by atoms with Crippen LogP contribution in [0.2, 0.25) is 0 Å². The average molecular weight is 336 g/mol. The fourth-order valence-corrected chi connectivity index (χ4v) is 5.08. The van der Waals surface area contributed by atoms with Gasteiger partial charge in [0.15, 0.2) is 0 Å². The van der Waals surface area contributed by atoms with E-state index in [1.165, 1.54) is 50.6 Å². The van der Waals surface area contributed by atoms with Crippen LogP contribution in [-0.4, -0.2) is 0 Å².